The van der Waals surface area contributed by atoms with Gasteiger partial charge < -0.3 is 8.98 Å². The van der Waals surface area contributed by atoms with Crippen LogP contribution in [-0.4, -0.2) is 14.3 Å². The molecule has 0 aliphatic heterocycles. The van der Waals surface area contributed by atoms with Crippen LogP contribution in [0.3, 0.4) is 0 Å². The molecule has 28 heavy (non-hydrogen) atoms. The summed E-state index contributed by atoms with van der Waals surface area (Å²) in [5.74, 6) is 0.677. The third-order valence-corrected chi connectivity index (χ3v) is 5.19. The molecule has 0 fully saturated rings. The van der Waals surface area contributed by atoms with Gasteiger partial charge >= 0.3 is 0 Å². The van der Waals surface area contributed by atoms with Crippen molar-refractivity contribution in [1.29, 1.82) is 0 Å². The van der Waals surface area contributed by atoms with E-state index in [-0.39, 0.29) is 5.56 Å². The zero-order chi connectivity index (χ0) is 19.3. The van der Waals surface area contributed by atoms with E-state index in [1.165, 1.54) is 0 Å². The van der Waals surface area contributed by atoms with Gasteiger partial charge in [-0.15, -0.1) is 0 Å². The molecule has 0 bridgehead atoms. The molecular formula is C22H16ClN3O2. The van der Waals surface area contributed by atoms with Gasteiger partial charge in [0.2, 0.25) is 0 Å². The molecule has 138 valence electrons. The Labute approximate surface area is 165 Å². The predicted octanol–water partition coefficient (Wildman–Crippen LogP) is 4.85. The molecule has 0 saturated heterocycles. The number of furan rings is 1. The lowest BCUT2D eigenvalue weighted by Gasteiger charge is -2.06. The van der Waals surface area contributed by atoms with Crippen LogP contribution in [0.2, 0.25) is 5.02 Å². The molecule has 0 amide bonds. The molecular weight excluding hydrogens is 374 g/mol. The molecule has 0 radical (unpaired) electrons. The van der Waals surface area contributed by atoms with Gasteiger partial charge in [0.1, 0.15) is 11.3 Å². The van der Waals surface area contributed by atoms with Crippen molar-refractivity contribution in [3.8, 4) is 11.3 Å². The summed E-state index contributed by atoms with van der Waals surface area (Å²) in [5.41, 5.74) is 3.06. The van der Waals surface area contributed by atoms with E-state index in [0.29, 0.717) is 28.3 Å². The summed E-state index contributed by atoms with van der Waals surface area (Å²) in [6.45, 7) is 0.386. The van der Waals surface area contributed by atoms with Crippen LogP contribution >= 0.6 is 11.6 Å². The molecule has 0 N–H and O–H groups in total. The van der Waals surface area contributed by atoms with Crippen molar-refractivity contribution < 1.29 is 4.42 Å². The number of halogens is 1. The lowest BCUT2D eigenvalue weighted by atomic mass is 10.0. The lowest BCUT2D eigenvalue weighted by molar-refractivity contribution is 0.618. The number of aryl methyl sites for hydroxylation is 1. The first kappa shape index (κ1) is 16.8. The van der Waals surface area contributed by atoms with Gasteiger partial charge in [0, 0.05) is 29.8 Å². The van der Waals surface area contributed by atoms with Crippen LogP contribution in [0.15, 0.2) is 76.2 Å². The fourth-order valence-corrected chi connectivity index (χ4v) is 3.83. The molecule has 3 aromatic heterocycles. The molecule has 0 spiro atoms. The SMILES string of the molecule is Cn1c(=O)c2c(Cn3cc(Cl)cn3)c(-c3ccccc3)oc2c2ccccc21. The minimum atomic E-state index is -0.0899. The molecule has 5 rings (SSSR count). The number of rotatable bonds is 3. The van der Waals surface area contributed by atoms with Gasteiger partial charge in [-0.1, -0.05) is 54.1 Å². The molecule has 0 aliphatic rings. The van der Waals surface area contributed by atoms with Crippen LogP contribution in [0.25, 0.3) is 33.2 Å². The summed E-state index contributed by atoms with van der Waals surface area (Å²) < 4.78 is 9.71. The summed E-state index contributed by atoms with van der Waals surface area (Å²) >= 11 is 6.04. The van der Waals surface area contributed by atoms with Gasteiger partial charge in [-0.2, -0.15) is 5.10 Å². The molecule has 2 aromatic carbocycles. The maximum absolute atomic E-state index is 13.3. The quantitative estimate of drug-likeness (QED) is 0.443. The van der Waals surface area contributed by atoms with Crippen LogP contribution in [0.1, 0.15) is 5.56 Å². The van der Waals surface area contributed by atoms with Crippen molar-refractivity contribution in [1.82, 2.24) is 14.3 Å². The Morgan fingerprint density at radius 1 is 1.07 bits per heavy atom. The number of benzene rings is 2. The Morgan fingerprint density at radius 3 is 2.57 bits per heavy atom. The first-order valence-electron chi connectivity index (χ1n) is 8.90. The third-order valence-electron chi connectivity index (χ3n) is 4.99. The molecule has 0 atom stereocenters. The van der Waals surface area contributed by atoms with Crippen molar-refractivity contribution in [2.45, 2.75) is 6.54 Å². The minimum absolute atomic E-state index is 0.0899. The number of hydrogen-bond acceptors (Lipinski definition) is 3. The highest BCUT2D eigenvalue weighted by Gasteiger charge is 2.22. The van der Waals surface area contributed by atoms with E-state index in [4.69, 9.17) is 16.0 Å². The highest BCUT2D eigenvalue weighted by molar-refractivity contribution is 6.30. The van der Waals surface area contributed by atoms with Crippen LogP contribution in [0.5, 0.6) is 0 Å². The Balaban J connectivity index is 1.90. The van der Waals surface area contributed by atoms with E-state index >= 15 is 0 Å². The van der Waals surface area contributed by atoms with Crippen LogP contribution in [-0.2, 0) is 13.6 Å². The van der Waals surface area contributed by atoms with Crippen molar-refractivity contribution in [2.24, 2.45) is 7.05 Å². The third kappa shape index (κ3) is 2.55. The Bertz CT molecular complexity index is 1380. The zero-order valence-electron chi connectivity index (χ0n) is 15.1. The summed E-state index contributed by atoms with van der Waals surface area (Å²) in [4.78, 5) is 13.3. The topological polar surface area (TPSA) is 53.0 Å². The maximum Gasteiger partial charge on any atom is 0.262 e. The van der Waals surface area contributed by atoms with Gasteiger partial charge in [0.15, 0.2) is 0 Å². The monoisotopic (exact) mass is 389 g/mol. The fourth-order valence-electron chi connectivity index (χ4n) is 3.68. The van der Waals surface area contributed by atoms with E-state index in [1.807, 2.05) is 54.6 Å². The summed E-state index contributed by atoms with van der Waals surface area (Å²) in [5, 5.41) is 6.31. The second kappa shape index (κ2) is 6.39. The molecule has 6 heteroatoms. The number of para-hydroxylation sites is 1. The average Bonchev–Trinajstić information content (AvgIpc) is 3.31. The number of pyridine rings is 1. The van der Waals surface area contributed by atoms with E-state index in [0.717, 1.165) is 22.0 Å². The average molecular weight is 390 g/mol. The largest absolute Gasteiger partial charge is 0.455 e. The predicted molar refractivity (Wildman–Crippen MR) is 111 cm³/mol. The molecule has 0 unspecified atom stereocenters. The van der Waals surface area contributed by atoms with E-state index < -0.39 is 0 Å². The standard InChI is InChI=1S/C22H16ClN3O2/c1-25-18-10-6-5-9-16(18)21-19(22(25)27)17(13-26-12-15(23)11-24-26)20(28-21)14-7-3-2-4-8-14/h2-12H,13H2,1H3. The first-order valence-corrected chi connectivity index (χ1v) is 9.28. The van der Waals surface area contributed by atoms with Gasteiger partial charge in [0.05, 0.1) is 28.7 Å². The zero-order valence-corrected chi connectivity index (χ0v) is 15.8. The van der Waals surface area contributed by atoms with Crippen molar-refractivity contribution in [3.05, 3.63) is 87.9 Å². The molecule has 5 aromatic rings. The second-order valence-electron chi connectivity index (χ2n) is 6.72. The Hall–Kier alpha value is -3.31. The maximum atomic E-state index is 13.3. The van der Waals surface area contributed by atoms with Gasteiger partial charge in [-0.25, -0.2) is 0 Å². The van der Waals surface area contributed by atoms with E-state index in [2.05, 4.69) is 5.10 Å². The van der Waals surface area contributed by atoms with E-state index in [9.17, 15) is 4.79 Å². The van der Waals surface area contributed by atoms with Gasteiger partial charge in [0.25, 0.3) is 5.56 Å². The number of fused-ring (bicyclic) bond motifs is 3. The summed E-state index contributed by atoms with van der Waals surface area (Å²) in [6.07, 6.45) is 3.32. The molecule has 0 saturated carbocycles. The smallest absolute Gasteiger partial charge is 0.262 e. The highest BCUT2D eigenvalue weighted by Crippen LogP contribution is 2.35. The lowest BCUT2D eigenvalue weighted by Crippen LogP contribution is -2.18. The summed E-state index contributed by atoms with van der Waals surface area (Å²) in [7, 11) is 1.79. The van der Waals surface area contributed by atoms with Crippen molar-refractivity contribution >= 4 is 33.5 Å². The number of nitrogens with zero attached hydrogens (tertiary/aromatic N) is 3. The Kier molecular flexibility index (Phi) is 3.84. The minimum Gasteiger partial charge on any atom is -0.455 e. The molecule has 3 heterocycles. The Morgan fingerprint density at radius 2 is 1.82 bits per heavy atom. The highest BCUT2D eigenvalue weighted by atomic mass is 35.5. The number of hydrogen-bond donors (Lipinski definition) is 0. The fraction of sp³-hybridized carbons (Fsp3) is 0.0909. The normalized spacial score (nSPS) is 11.5. The van der Waals surface area contributed by atoms with Crippen molar-refractivity contribution in [2.75, 3.05) is 0 Å². The second-order valence-corrected chi connectivity index (χ2v) is 7.15. The van der Waals surface area contributed by atoms with Gasteiger partial charge in [-0.3, -0.25) is 9.48 Å². The van der Waals surface area contributed by atoms with Gasteiger partial charge in [-0.05, 0) is 12.1 Å². The van der Waals surface area contributed by atoms with Crippen LogP contribution in [0, 0.1) is 0 Å². The molecule has 0 aliphatic carbocycles. The van der Waals surface area contributed by atoms with E-state index in [1.54, 1.807) is 28.7 Å². The number of aromatic nitrogens is 3. The molecule has 5 nitrogen and oxygen atoms in total. The van der Waals surface area contributed by atoms with Crippen molar-refractivity contribution in [3.63, 3.8) is 0 Å². The first-order chi connectivity index (χ1) is 13.6. The van der Waals surface area contributed by atoms with Crippen LogP contribution < -0.4 is 5.56 Å². The van der Waals surface area contributed by atoms with Crippen LogP contribution in [0.4, 0.5) is 0 Å². The summed E-state index contributed by atoms with van der Waals surface area (Å²) in [6, 6.07) is 17.6.